The molecule has 0 spiro atoms. The van der Waals surface area contributed by atoms with E-state index in [-0.39, 0.29) is 17.2 Å². The molecule has 0 fully saturated rings. The first-order chi connectivity index (χ1) is 18.5. The molecule has 0 aliphatic carbocycles. The van der Waals surface area contributed by atoms with Gasteiger partial charge in [0, 0.05) is 23.7 Å². The minimum Gasteiger partial charge on any atom is -0.497 e. The number of carbonyl (C=O) groups excluding carboxylic acids is 1. The van der Waals surface area contributed by atoms with Gasteiger partial charge in [-0.3, -0.25) is 19.1 Å². The summed E-state index contributed by atoms with van der Waals surface area (Å²) in [7, 11) is 1.61. The highest BCUT2D eigenvalue weighted by Gasteiger charge is 2.25. The number of hydrogen-bond acceptors (Lipinski definition) is 8. The Labute approximate surface area is 229 Å². The molecule has 0 atom stereocenters. The van der Waals surface area contributed by atoms with Gasteiger partial charge in [-0.1, -0.05) is 18.7 Å². The Morgan fingerprint density at radius 1 is 1.11 bits per heavy atom. The number of carbonyl (C=O) groups is 1. The molecule has 2 aromatic carbocycles. The van der Waals surface area contributed by atoms with Gasteiger partial charge in [0.2, 0.25) is 5.91 Å². The zero-order valence-electron chi connectivity index (χ0n) is 21.7. The Hall–Kier alpha value is -3.34. The van der Waals surface area contributed by atoms with Gasteiger partial charge in [-0.25, -0.2) is 4.98 Å². The first-order valence-corrected chi connectivity index (χ1v) is 14.4. The lowest BCUT2D eigenvalue weighted by molar-refractivity contribution is -0.113. The van der Waals surface area contributed by atoms with Crippen LogP contribution in [0, 0.1) is 0 Å². The van der Waals surface area contributed by atoms with Gasteiger partial charge in [-0.2, -0.15) is 0 Å². The molecule has 1 N–H and O–H groups in total. The Bertz CT molecular complexity index is 1500. The molecule has 198 valence electrons. The Balaban J connectivity index is 1.46. The molecule has 5 rings (SSSR count). The number of methoxy groups -OCH3 is 1. The largest absolute Gasteiger partial charge is 0.497 e. The summed E-state index contributed by atoms with van der Waals surface area (Å²) < 4.78 is 12.4. The molecule has 4 aromatic rings. The number of ether oxygens (including phenoxy) is 2. The van der Waals surface area contributed by atoms with Gasteiger partial charge in [0.25, 0.3) is 5.56 Å². The van der Waals surface area contributed by atoms with Crippen molar-refractivity contribution in [2.24, 2.45) is 0 Å². The van der Waals surface area contributed by atoms with Crippen LogP contribution in [-0.2, 0) is 17.8 Å². The van der Waals surface area contributed by atoms with Crippen LogP contribution < -0.4 is 20.3 Å². The molecule has 1 aliphatic heterocycles. The number of fused-ring (bicyclic) bond motifs is 3. The van der Waals surface area contributed by atoms with Crippen LogP contribution in [0.15, 0.2) is 58.5 Å². The third kappa shape index (κ3) is 5.43. The van der Waals surface area contributed by atoms with Crippen molar-refractivity contribution < 1.29 is 14.3 Å². The molecule has 10 heteroatoms. The Morgan fingerprint density at radius 2 is 1.84 bits per heavy atom. The number of aromatic nitrogens is 2. The van der Waals surface area contributed by atoms with Crippen LogP contribution in [0.2, 0.25) is 0 Å². The molecule has 0 radical (unpaired) electrons. The zero-order valence-corrected chi connectivity index (χ0v) is 23.3. The summed E-state index contributed by atoms with van der Waals surface area (Å²) in [5.74, 6) is 1.38. The fourth-order valence-electron chi connectivity index (χ4n) is 4.53. The minimum atomic E-state index is -0.182. The number of anilines is 1. The summed E-state index contributed by atoms with van der Waals surface area (Å²) in [6.07, 6.45) is 0.833. The molecule has 2 aromatic heterocycles. The molecule has 0 unspecified atom stereocenters. The minimum absolute atomic E-state index is 0.1000. The Morgan fingerprint density at radius 3 is 2.53 bits per heavy atom. The predicted octanol–water partition coefficient (Wildman–Crippen LogP) is 4.96. The number of amides is 1. The normalized spacial score (nSPS) is 13.3. The van der Waals surface area contributed by atoms with Gasteiger partial charge in [0.15, 0.2) is 5.16 Å². The van der Waals surface area contributed by atoms with Crippen LogP contribution in [0.25, 0.3) is 15.9 Å². The molecule has 38 heavy (non-hydrogen) atoms. The second-order valence-corrected chi connectivity index (χ2v) is 10.9. The number of nitrogens with one attached hydrogen (secondary N) is 1. The molecular formula is C28H30N4O4S2. The zero-order chi connectivity index (χ0) is 26.6. The maximum atomic E-state index is 14.0. The van der Waals surface area contributed by atoms with Crippen LogP contribution in [0.5, 0.6) is 11.5 Å². The van der Waals surface area contributed by atoms with Crippen LogP contribution in [0.4, 0.5) is 5.69 Å². The van der Waals surface area contributed by atoms with E-state index in [4.69, 9.17) is 14.5 Å². The van der Waals surface area contributed by atoms with Crippen molar-refractivity contribution in [3.05, 3.63) is 69.3 Å². The number of likely N-dealkylation sites (N-methyl/N-ethyl adjacent to an activating group) is 1. The molecule has 0 bridgehead atoms. The summed E-state index contributed by atoms with van der Waals surface area (Å²) in [4.78, 5) is 36.0. The summed E-state index contributed by atoms with van der Waals surface area (Å²) >= 11 is 2.84. The number of benzene rings is 2. The third-order valence-corrected chi connectivity index (χ3v) is 8.53. The van der Waals surface area contributed by atoms with Crippen molar-refractivity contribution >= 4 is 44.9 Å². The van der Waals surface area contributed by atoms with Crippen molar-refractivity contribution in [3.63, 3.8) is 0 Å². The van der Waals surface area contributed by atoms with E-state index in [2.05, 4.69) is 17.1 Å². The second kappa shape index (κ2) is 11.6. The maximum Gasteiger partial charge on any atom is 0.267 e. The molecule has 1 amide bonds. The van der Waals surface area contributed by atoms with E-state index >= 15 is 0 Å². The van der Waals surface area contributed by atoms with Crippen molar-refractivity contribution in [1.29, 1.82) is 0 Å². The number of hydrogen-bond donors (Lipinski definition) is 1. The van der Waals surface area contributed by atoms with Gasteiger partial charge in [0.05, 0.1) is 30.5 Å². The number of rotatable bonds is 9. The van der Waals surface area contributed by atoms with Gasteiger partial charge in [-0.15, -0.1) is 11.3 Å². The highest BCUT2D eigenvalue weighted by Crippen LogP contribution is 2.34. The fourth-order valence-corrected chi connectivity index (χ4v) is 6.65. The standard InChI is InChI=1S/C28H30N4O4S2/c1-4-31-15-14-22-23(16-31)38-26-25(22)27(34)32(19-8-12-20(35-3)13-9-19)28(30-26)37-17-24(33)29-18-6-10-21(11-7-18)36-5-2/h6-13H,4-5,14-17H2,1-3H3,(H,29,33). The quantitative estimate of drug-likeness (QED) is 0.233. The highest BCUT2D eigenvalue weighted by molar-refractivity contribution is 7.99. The van der Waals surface area contributed by atoms with Crippen LogP contribution in [0.1, 0.15) is 24.3 Å². The molecule has 3 heterocycles. The van der Waals surface area contributed by atoms with E-state index in [0.29, 0.717) is 34.3 Å². The van der Waals surface area contributed by atoms with E-state index < -0.39 is 0 Å². The molecule has 8 nitrogen and oxygen atoms in total. The summed E-state index contributed by atoms with van der Waals surface area (Å²) in [5, 5.41) is 4.09. The van der Waals surface area contributed by atoms with Gasteiger partial charge >= 0.3 is 0 Å². The lowest BCUT2D eigenvalue weighted by Gasteiger charge is -2.25. The monoisotopic (exact) mass is 550 g/mol. The van der Waals surface area contributed by atoms with Crippen molar-refractivity contribution in [3.8, 4) is 17.2 Å². The highest BCUT2D eigenvalue weighted by atomic mass is 32.2. The number of nitrogens with zero attached hydrogens (tertiary/aromatic N) is 3. The van der Waals surface area contributed by atoms with E-state index in [0.717, 1.165) is 42.2 Å². The smallest absolute Gasteiger partial charge is 0.267 e. The average Bonchev–Trinajstić information content (AvgIpc) is 3.31. The van der Waals surface area contributed by atoms with Gasteiger partial charge in [0.1, 0.15) is 16.3 Å². The second-order valence-electron chi connectivity index (χ2n) is 8.83. The first kappa shape index (κ1) is 26.3. The summed E-state index contributed by atoms with van der Waals surface area (Å²) in [6.45, 7) is 7.40. The topological polar surface area (TPSA) is 85.7 Å². The molecule has 0 saturated carbocycles. The van der Waals surface area contributed by atoms with E-state index in [1.165, 1.54) is 16.6 Å². The molecular weight excluding hydrogens is 520 g/mol. The van der Waals surface area contributed by atoms with Gasteiger partial charge in [-0.05, 0) is 74.0 Å². The number of thiophene rings is 1. The van der Waals surface area contributed by atoms with E-state index in [1.807, 2.05) is 43.3 Å². The lowest BCUT2D eigenvalue weighted by atomic mass is 10.1. The summed E-state index contributed by atoms with van der Waals surface area (Å²) in [6, 6.07) is 14.6. The fraction of sp³-hybridized carbons (Fsp3) is 0.321. The third-order valence-electron chi connectivity index (χ3n) is 6.48. The van der Waals surface area contributed by atoms with Crippen molar-refractivity contribution in [1.82, 2.24) is 14.5 Å². The van der Waals surface area contributed by atoms with Crippen LogP contribution in [0.3, 0.4) is 0 Å². The van der Waals surface area contributed by atoms with E-state index in [1.54, 1.807) is 35.1 Å². The van der Waals surface area contributed by atoms with Crippen molar-refractivity contribution in [2.45, 2.75) is 32.0 Å². The molecule has 1 aliphatic rings. The van der Waals surface area contributed by atoms with E-state index in [9.17, 15) is 9.59 Å². The predicted molar refractivity (Wildman–Crippen MR) is 153 cm³/mol. The van der Waals surface area contributed by atoms with Crippen LogP contribution >= 0.6 is 23.1 Å². The SMILES string of the molecule is CCOc1ccc(NC(=O)CSc2nc3sc4c(c3c(=O)n2-c2ccc(OC)cc2)CCN(CC)C4)cc1. The first-order valence-electron chi connectivity index (χ1n) is 12.6. The average molecular weight is 551 g/mol. The summed E-state index contributed by atoms with van der Waals surface area (Å²) in [5.41, 5.74) is 2.38. The van der Waals surface area contributed by atoms with Gasteiger partial charge < -0.3 is 14.8 Å². The number of thioether (sulfide) groups is 1. The Kier molecular flexibility index (Phi) is 8.01. The van der Waals surface area contributed by atoms with Crippen LogP contribution in [-0.4, -0.2) is 52.9 Å². The molecule has 0 saturated heterocycles. The maximum absolute atomic E-state index is 14.0. The lowest BCUT2D eigenvalue weighted by Crippen LogP contribution is -2.30. The van der Waals surface area contributed by atoms with Crippen molar-refractivity contribution in [2.75, 3.05) is 37.9 Å².